The van der Waals surface area contributed by atoms with Crippen molar-refractivity contribution in [2.45, 2.75) is 66.3 Å². The van der Waals surface area contributed by atoms with Crippen molar-refractivity contribution in [3.05, 3.63) is 34.9 Å². The summed E-state index contributed by atoms with van der Waals surface area (Å²) in [6.45, 7) is 10.0. The van der Waals surface area contributed by atoms with E-state index in [1.54, 1.807) is 6.92 Å². The molecule has 0 saturated carbocycles. The van der Waals surface area contributed by atoms with Gasteiger partial charge in [0.15, 0.2) is 0 Å². The molecule has 0 rings (SSSR count). The van der Waals surface area contributed by atoms with Crippen LogP contribution in [0.4, 0.5) is 4.79 Å². The number of hydrogen-bond acceptors (Lipinski definition) is 5. The number of carboxylic acids is 1. The third kappa shape index (κ3) is 17.2. The quantitative estimate of drug-likeness (QED) is 0.192. The minimum atomic E-state index is -1.12. The Morgan fingerprint density at radius 3 is 2.19 bits per heavy atom. The van der Waals surface area contributed by atoms with Crippen molar-refractivity contribution in [2.75, 3.05) is 24.7 Å². The van der Waals surface area contributed by atoms with Gasteiger partial charge in [0.05, 0.1) is 6.61 Å². The Bertz CT molecular complexity index is 667. The summed E-state index contributed by atoms with van der Waals surface area (Å²) in [4.78, 5) is 34.3. The van der Waals surface area contributed by atoms with Crippen LogP contribution in [0, 0.1) is 0 Å². The molecule has 0 aromatic heterocycles. The lowest BCUT2D eigenvalue weighted by Crippen LogP contribution is -2.48. The number of amides is 2. The van der Waals surface area contributed by atoms with E-state index < -0.39 is 24.0 Å². The zero-order valence-electron chi connectivity index (χ0n) is 19.5. The molecule has 31 heavy (non-hydrogen) atoms. The number of ether oxygens (including phenoxy) is 1. The number of urea groups is 1. The van der Waals surface area contributed by atoms with Crippen LogP contribution < -0.4 is 10.6 Å². The topological polar surface area (TPSA) is 105 Å². The van der Waals surface area contributed by atoms with Crippen molar-refractivity contribution in [3.63, 3.8) is 0 Å². The number of aliphatic carboxylic acids is 1. The summed E-state index contributed by atoms with van der Waals surface area (Å²) in [6.07, 6.45) is 10.8. The molecule has 2 amide bonds. The lowest BCUT2D eigenvalue weighted by atomic mass is 10.1. The fourth-order valence-corrected chi connectivity index (χ4v) is 3.47. The highest BCUT2D eigenvalue weighted by atomic mass is 32.2. The number of carbonyl (C=O) groups excluding carboxylic acids is 2. The number of esters is 1. The predicted octanol–water partition coefficient (Wildman–Crippen LogP) is 4.45. The average molecular weight is 455 g/mol. The van der Waals surface area contributed by atoms with E-state index in [9.17, 15) is 19.5 Å². The second-order valence-electron chi connectivity index (χ2n) is 7.52. The number of nitrogens with one attached hydrogen (secondary N) is 2. The summed E-state index contributed by atoms with van der Waals surface area (Å²) in [5.41, 5.74) is 4.01. The molecular formula is C23H38N2O5S. The van der Waals surface area contributed by atoms with Gasteiger partial charge < -0.3 is 20.5 Å². The Labute approximate surface area is 190 Å². The van der Waals surface area contributed by atoms with Crippen LogP contribution in [0.15, 0.2) is 34.9 Å². The third-order valence-electron chi connectivity index (χ3n) is 4.26. The second-order valence-corrected chi connectivity index (χ2v) is 8.60. The molecule has 0 aliphatic heterocycles. The summed E-state index contributed by atoms with van der Waals surface area (Å²) >= 11 is 1.43. The minimum absolute atomic E-state index is 0.218. The lowest BCUT2D eigenvalue weighted by molar-refractivity contribution is -0.141. The molecule has 3 N–H and O–H groups in total. The van der Waals surface area contributed by atoms with Gasteiger partial charge in [-0.25, -0.2) is 9.59 Å². The first-order valence-electron chi connectivity index (χ1n) is 10.6. The van der Waals surface area contributed by atoms with Crippen LogP contribution in [-0.2, 0) is 14.3 Å². The van der Waals surface area contributed by atoms with Crippen molar-refractivity contribution in [3.8, 4) is 0 Å². The van der Waals surface area contributed by atoms with Gasteiger partial charge in [-0.3, -0.25) is 4.79 Å². The molecular weight excluding hydrogens is 416 g/mol. The number of hydrogen-bond donors (Lipinski definition) is 3. The van der Waals surface area contributed by atoms with E-state index in [0.29, 0.717) is 5.75 Å². The van der Waals surface area contributed by atoms with E-state index in [1.807, 2.05) is 0 Å². The van der Waals surface area contributed by atoms with Gasteiger partial charge in [-0.15, -0.1) is 0 Å². The smallest absolute Gasteiger partial charge is 0.327 e. The van der Waals surface area contributed by atoms with Gasteiger partial charge in [-0.1, -0.05) is 34.9 Å². The lowest BCUT2D eigenvalue weighted by Gasteiger charge is -2.14. The maximum Gasteiger partial charge on any atom is 0.327 e. The van der Waals surface area contributed by atoms with Crippen LogP contribution in [0.25, 0.3) is 0 Å². The van der Waals surface area contributed by atoms with Crippen LogP contribution in [0.5, 0.6) is 0 Å². The van der Waals surface area contributed by atoms with Crippen LogP contribution in [0.1, 0.15) is 60.3 Å². The van der Waals surface area contributed by atoms with E-state index in [2.05, 4.69) is 56.6 Å². The molecule has 1 atom stereocenters. The van der Waals surface area contributed by atoms with Gasteiger partial charge >= 0.3 is 18.0 Å². The standard InChI is InChI=1S/C23H38N2O5S/c1-6-30-21(26)15-24-23(29)25-20(22(27)28)16-31-14-13-19(5)12-8-11-18(4)10-7-9-17(2)3/h9,11,13,20H,6-8,10,12,14-16H2,1-5H3,(H,27,28)(H2,24,25,29)/t20-/m0/s1. The summed E-state index contributed by atoms with van der Waals surface area (Å²) < 4.78 is 4.70. The van der Waals surface area contributed by atoms with Gasteiger partial charge in [-0.05, 0) is 60.3 Å². The Balaban J connectivity index is 4.23. The van der Waals surface area contributed by atoms with Crippen LogP contribution >= 0.6 is 11.8 Å². The molecule has 8 heteroatoms. The first kappa shape index (κ1) is 28.8. The third-order valence-corrected chi connectivity index (χ3v) is 5.23. The molecule has 0 unspecified atom stereocenters. The monoisotopic (exact) mass is 454 g/mol. The van der Waals surface area contributed by atoms with Crippen LogP contribution in [0.3, 0.4) is 0 Å². The molecule has 0 saturated heterocycles. The fourth-order valence-electron chi connectivity index (χ4n) is 2.47. The molecule has 0 fully saturated rings. The summed E-state index contributed by atoms with van der Waals surface area (Å²) in [6, 6.07) is -1.74. The molecule has 176 valence electrons. The molecule has 0 heterocycles. The number of carboxylic acid groups (broad SMARTS) is 1. The van der Waals surface area contributed by atoms with E-state index in [4.69, 9.17) is 4.74 Å². The SMILES string of the molecule is CCOC(=O)CNC(=O)N[C@@H](CSCC=C(C)CCC=C(C)CCC=C(C)C)C(=O)O. The molecule has 0 spiro atoms. The van der Waals surface area contributed by atoms with Crippen molar-refractivity contribution >= 4 is 29.7 Å². The number of allylic oxidation sites excluding steroid dienone is 5. The van der Waals surface area contributed by atoms with Gasteiger partial charge in [0, 0.05) is 11.5 Å². The highest BCUT2D eigenvalue weighted by Crippen LogP contribution is 2.13. The largest absolute Gasteiger partial charge is 0.480 e. The maximum atomic E-state index is 11.8. The van der Waals surface area contributed by atoms with E-state index in [1.165, 1.54) is 28.5 Å². The molecule has 7 nitrogen and oxygen atoms in total. The minimum Gasteiger partial charge on any atom is -0.480 e. The Kier molecular flexibility index (Phi) is 16.2. The highest BCUT2D eigenvalue weighted by Gasteiger charge is 2.20. The van der Waals surface area contributed by atoms with Crippen molar-refractivity contribution < 1.29 is 24.2 Å². The number of carbonyl (C=O) groups is 3. The normalized spacial score (nSPS) is 12.7. The van der Waals surface area contributed by atoms with Crippen molar-refractivity contribution in [1.29, 1.82) is 0 Å². The second kappa shape index (κ2) is 17.5. The first-order chi connectivity index (χ1) is 14.6. The number of thioether (sulfide) groups is 1. The van der Waals surface area contributed by atoms with Crippen molar-refractivity contribution in [2.24, 2.45) is 0 Å². The Morgan fingerprint density at radius 2 is 1.61 bits per heavy atom. The molecule has 0 radical (unpaired) electrons. The maximum absolute atomic E-state index is 11.8. The van der Waals surface area contributed by atoms with Gasteiger partial charge in [0.1, 0.15) is 12.6 Å². The first-order valence-corrected chi connectivity index (χ1v) is 11.8. The molecule has 0 aliphatic carbocycles. The molecule has 0 aromatic carbocycles. The van der Waals surface area contributed by atoms with Crippen molar-refractivity contribution in [1.82, 2.24) is 10.6 Å². The molecule has 0 aromatic rings. The summed E-state index contributed by atoms with van der Waals surface area (Å²) in [5, 5.41) is 13.9. The fraction of sp³-hybridized carbons (Fsp3) is 0.609. The highest BCUT2D eigenvalue weighted by molar-refractivity contribution is 7.99. The molecule has 0 aliphatic rings. The van der Waals surface area contributed by atoms with Gasteiger partial charge in [0.2, 0.25) is 0 Å². The van der Waals surface area contributed by atoms with Gasteiger partial charge in [-0.2, -0.15) is 11.8 Å². The van der Waals surface area contributed by atoms with Crippen LogP contribution in [0.2, 0.25) is 0 Å². The van der Waals surface area contributed by atoms with E-state index >= 15 is 0 Å². The van der Waals surface area contributed by atoms with E-state index in [-0.39, 0.29) is 18.9 Å². The van der Waals surface area contributed by atoms with Gasteiger partial charge in [0.25, 0.3) is 0 Å². The van der Waals surface area contributed by atoms with Crippen LogP contribution in [-0.4, -0.2) is 53.8 Å². The van der Waals surface area contributed by atoms with E-state index in [0.717, 1.165) is 25.7 Å². The average Bonchev–Trinajstić information content (AvgIpc) is 2.68. The summed E-state index contributed by atoms with van der Waals surface area (Å²) in [5.74, 6) is -0.786. The Hall–Kier alpha value is -2.22. The zero-order valence-corrected chi connectivity index (χ0v) is 20.3. The zero-order chi connectivity index (χ0) is 23.6. The number of rotatable bonds is 15. The Morgan fingerprint density at radius 1 is 1.00 bits per heavy atom. The summed E-state index contributed by atoms with van der Waals surface area (Å²) in [7, 11) is 0. The predicted molar refractivity (Wildman–Crippen MR) is 127 cm³/mol. The molecule has 0 bridgehead atoms.